The highest BCUT2D eigenvalue weighted by Crippen LogP contribution is 2.22. The predicted molar refractivity (Wildman–Crippen MR) is 89.7 cm³/mol. The number of fused-ring (bicyclic) bond motifs is 1. The Hall–Kier alpha value is -2.66. The van der Waals surface area contributed by atoms with Crippen LogP contribution in [0.5, 0.6) is 0 Å². The summed E-state index contributed by atoms with van der Waals surface area (Å²) >= 11 is 0. The molecule has 5 heteroatoms. The van der Waals surface area contributed by atoms with E-state index in [4.69, 9.17) is 9.15 Å². The van der Waals surface area contributed by atoms with E-state index in [0.29, 0.717) is 19.0 Å². The van der Waals surface area contributed by atoms with E-state index in [-0.39, 0.29) is 17.9 Å². The Labute approximate surface area is 139 Å². The van der Waals surface area contributed by atoms with Crippen LogP contribution in [0, 0.1) is 5.92 Å². The van der Waals surface area contributed by atoms with Crippen LogP contribution >= 0.6 is 0 Å². The number of nitrogens with one attached hydrogen (secondary N) is 1. The van der Waals surface area contributed by atoms with Crippen LogP contribution in [0.15, 0.2) is 59.3 Å². The lowest BCUT2D eigenvalue weighted by Crippen LogP contribution is -2.40. The summed E-state index contributed by atoms with van der Waals surface area (Å²) in [5.74, 6) is 0.396. The van der Waals surface area contributed by atoms with Crippen molar-refractivity contribution < 1.29 is 13.9 Å². The van der Waals surface area contributed by atoms with E-state index in [2.05, 4.69) is 10.3 Å². The molecule has 1 saturated heterocycles. The van der Waals surface area contributed by atoms with E-state index in [9.17, 15) is 4.79 Å². The van der Waals surface area contributed by atoms with E-state index in [1.165, 1.54) is 5.56 Å². The number of hydrogen-bond acceptors (Lipinski definition) is 4. The summed E-state index contributed by atoms with van der Waals surface area (Å²) in [6.07, 6.45) is 4.42. The molecule has 0 bridgehead atoms. The molecule has 1 aliphatic rings. The van der Waals surface area contributed by atoms with Crippen molar-refractivity contribution in [2.75, 3.05) is 13.2 Å². The van der Waals surface area contributed by atoms with E-state index in [1.54, 1.807) is 18.5 Å². The van der Waals surface area contributed by atoms with Crippen molar-refractivity contribution in [3.63, 3.8) is 0 Å². The molecule has 122 valence electrons. The predicted octanol–water partition coefficient (Wildman–Crippen LogP) is 2.82. The monoisotopic (exact) mass is 322 g/mol. The third kappa shape index (κ3) is 3.03. The van der Waals surface area contributed by atoms with Crippen LogP contribution in [-0.2, 0) is 11.2 Å². The summed E-state index contributed by atoms with van der Waals surface area (Å²) in [6.45, 7) is 1.18. The third-order valence-electron chi connectivity index (χ3n) is 4.41. The SMILES string of the molecule is O=C(N[C@@H]1COC[C@H]1Cc1ccncc1)c1cc2ccccc2o1. The zero-order valence-corrected chi connectivity index (χ0v) is 13.1. The molecule has 1 aliphatic heterocycles. The first-order valence-electron chi connectivity index (χ1n) is 8.06. The minimum absolute atomic E-state index is 0.0149. The largest absolute Gasteiger partial charge is 0.451 e. The molecule has 0 spiro atoms. The molecule has 5 nitrogen and oxygen atoms in total. The molecule has 2 aromatic heterocycles. The Morgan fingerprint density at radius 3 is 2.83 bits per heavy atom. The van der Waals surface area contributed by atoms with Crippen LogP contribution in [0.4, 0.5) is 0 Å². The maximum Gasteiger partial charge on any atom is 0.287 e. The second kappa shape index (κ2) is 6.45. The molecule has 24 heavy (non-hydrogen) atoms. The smallest absolute Gasteiger partial charge is 0.287 e. The lowest BCUT2D eigenvalue weighted by Gasteiger charge is -2.18. The Morgan fingerprint density at radius 2 is 2.00 bits per heavy atom. The van der Waals surface area contributed by atoms with Crippen molar-refractivity contribution in [2.45, 2.75) is 12.5 Å². The van der Waals surface area contributed by atoms with Crippen molar-refractivity contribution in [2.24, 2.45) is 5.92 Å². The Balaban J connectivity index is 1.46. The first kappa shape index (κ1) is 14.9. The van der Waals surface area contributed by atoms with Gasteiger partial charge in [-0.1, -0.05) is 18.2 Å². The fraction of sp³-hybridized carbons (Fsp3) is 0.263. The minimum Gasteiger partial charge on any atom is -0.451 e. The normalized spacial score (nSPS) is 20.3. The summed E-state index contributed by atoms with van der Waals surface area (Å²) < 4.78 is 11.2. The molecule has 4 rings (SSSR count). The number of carbonyl (C=O) groups excluding carboxylic acids is 1. The highest BCUT2D eigenvalue weighted by Gasteiger charge is 2.30. The van der Waals surface area contributed by atoms with E-state index < -0.39 is 0 Å². The van der Waals surface area contributed by atoms with Gasteiger partial charge < -0.3 is 14.5 Å². The molecule has 1 N–H and O–H groups in total. The minimum atomic E-state index is -0.193. The van der Waals surface area contributed by atoms with Crippen LogP contribution in [0.3, 0.4) is 0 Å². The summed E-state index contributed by atoms with van der Waals surface area (Å²) in [6, 6.07) is 13.4. The van der Waals surface area contributed by atoms with E-state index >= 15 is 0 Å². The summed E-state index contributed by atoms with van der Waals surface area (Å²) in [4.78, 5) is 16.5. The molecule has 1 amide bonds. The van der Waals surface area contributed by atoms with Gasteiger partial charge in [-0.2, -0.15) is 0 Å². The van der Waals surface area contributed by atoms with Gasteiger partial charge in [-0.3, -0.25) is 9.78 Å². The molecular formula is C19H18N2O3. The molecule has 0 radical (unpaired) electrons. The molecule has 1 aromatic carbocycles. The van der Waals surface area contributed by atoms with E-state index in [1.807, 2.05) is 36.4 Å². The highest BCUT2D eigenvalue weighted by molar-refractivity contribution is 5.96. The zero-order valence-electron chi connectivity index (χ0n) is 13.1. The molecule has 3 heterocycles. The molecule has 1 fully saturated rings. The first-order valence-corrected chi connectivity index (χ1v) is 8.06. The van der Waals surface area contributed by atoms with Crippen LogP contribution < -0.4 is 5.32 Å². The van der Waals surface area contributed by atoms with Crippen molar-refractivity contribution >= 4 is 16.9 Å². The number of aromatic nitrogens is 1. The quantitative estimate of drug-likeness (QED) is 0.802. The first-order chi connectivity index (χ1) is 11.8. The molecule has 3 aromatic rings. The molecule has 0 aliphatic carbocycles. The number of pyridine rings is 1. The van der Waals surface area contributed by atoms with Crippen LogP contribution in [-0.4, -0.2) is 30.1 Å². The molecule has 0 saturated carbocycles. The summed E-state index contributed by atoms with van der Waals surface area (Å²) in [5.41, 5.74) is 1.92. The van der Waals surface area contributed by atoms with Gasteiger partial charge in [0.05, 0.1) is 19.3 Å². The number of furan rings is 1. The number of carbonyl (C=O) groups is 1. The number of benzene rings is 1. The number of rotatable bonds is 4. The van der Waals surface area contributed by atoms with Gasteiger partial charge in [-0.15, -0.1) is 0 Å². The average Bonchev–Trinajstić information content (AvgIpc) is 3.23. The lowest BCUT2D eigenvalue weighted by atomic mass is 9.95. The number of hydrogen-bond donors (Lipinski definition) is 1. The molecule has 0 unspecified atom stereocenters. The fourth-order valence-corrected chi connectivity index (χ4v) is 3.11. The molecular weight excluding hydrogens is 304 g/mol. The maximum atomic E-state index is 12.5. The van der Waals surface area contributed by atoms with Gasteiger partial charge in [0.2, 0.25) is 0 Å². The van der Waals surface area contributed by atoms with Gasteiger partial charge in [0, 0.05) is 23.7 Å². The lowest BCUT2D eigenvalue weighted by molar-refractivity contribution is 0.0899. The Kier molecular flexibility index (Phi) is 4.01. The Bertz CT molecular complexity index is 811. The topological polar surface area (TPSA) is 64.4 Å². The molecule has 2 atom stereocenters. The number of para-hydroxylation sites is 1. The number of amides is 1. The number of ether oxygens (including phenoxy) is 1. The summed E-state index contributed by atoms with van der Waals surface area (Å²) in [7, 11) is 0. The fourth-order valence-electron chi connectivity index (χ4n) is 3.11. The van der Waals surface area contributed by atoms with Gasteiger partial charge in [0.15, 0.2) is 5.76 Å². The average molecular weight is 322 g/mol. The van der Waals surface area contributed by atoms with Crippen molar-refractivity contribution in [3.05, 3.63) is 66.2 Å². The van der Waals surface area contributed by atoms with Gasteiger partial charge in [-0.05, 0) is 36.2 Å². The van der Waals surface area contributed by atoms with Crippen molar-refractivity contribution in [3.8, 4) is 0 Å². The number of nitrogens with zero attached hydrogens (tertiary/aromatic N) is 1. The van der Waals surface area contributed by atoms with Crippen LogP contribution in [0.2, 0.25) is 0 Å². The third-order valence-corrected chi connectivity index (χ3v) is 4.41. The van der Waals surface area contributed by atoms with Gasteiger partial charge in [0.1, 0.15) is 5.58 Å². The van der Waals surface area contributed by atoms with E-state index in [0.717, 1.165) is 17.4 Å². The summed E-state index contributed by atoms with van der Waals surface area (Å²) in [5, 5.41) is 3.98. The van der Waals surface area contributed by atoms with Gasteiger partial charge in [0.25, 0.3) is 5.91 Å². The van der Waals surface area contributed by atoms with Crippen LogP contribution in [0.1, 0.15) is 16.1 Å². The second-order valence-corrected chi connectivity index (χ2v) is 6.09. The van der Waals surface area contributed by atoms with Crippen molar-refractivity contribution in [1.29, 1.82) is 0 Å². The maximum absolute atomic E-state index is 12.5. The van der Waals surface area contributed by atoms with Gasteiger partial charge >= 0.3 is 0 Å². The Morgan fingerprint density at radius 1 is 1.17 bits per heavy atom. The zero-order chi connectivity index (χ0) is 16.4. The van der Waals surface area contributed by atoms with Crippen LogP contribution in [0.25, 0.3) is 11.0 Å². The standard InChI is InChI=1S/C19H18N2O3/c22-19(18-10-14-3-1-2-4-17(14)24-18)21-16-12-23-11-15(16)9-13-5-7-20-8-6-13/h1-8,10,15-16H,9,11-12H2,(H,21,22)/t15-,16-/m1/s1. The second-order valence-electron chi connectivity index (χ2n) is 6.09. The van der Waals surface area contributed by atoms with Crippen molar-refractivity contribution in [1.82, 2.24) is 10.3 Å². The highest BCUT2D eigenvalue weighted by atomic mass is 16.5. The van der Waals surface area contributed by atoms with Gasteiger partial charge in [-0.25, -0.2) is 0 Å².